The molecule has 2 aromatic rings. The lowest BCUT2D eigenvalue weighted by Crippen LogP contribution is -2.13. The average molecular weight is 422 g/mol. The number of carbonyl (C=O) groups is 1. The highest BCUT2D eigenvalue weighted by atomic mass is 79.9. The first-order valence-corrected chi connectivity index (χ1v) is 8.45. The molecule has 0 bridgehead atoms. The molecule has 0 fully saturated rings. The minimum Gasteiger partial charge on any atom is -0.504 e. The van der Waals surface area contributed by atoms with E-state index in [2.05, 4.69) is 21.2 Å². The lowest BCUT2D eigenvalue weighted by atomic mass is 10.1. The molecule has 0 radical (unpaired) electrons. The number of nitrogens with one attached hydrogen (secondary N) is 1. The molecule has 0 atom stereocenters. The Bertz CT molecular complexity index is 858. The van der Waals surface area contributed by atoms with Crippen molar-refractivity contribution in [1.29, 1.82) is 5.26 Å². The molecule has 128 valence electrons. The number of hydrogen-bond acceptors (Lipinski definition) is 4. The number of hydrogen-bond donors (Lipinski definition) is 2. The molecule has 0 heterocycles. The standard InChI is InChI=1S/C18H14BrClN2O3/c1-2-25-17-8-11(15(19)9-16(17)23)7-12(10-21)18(24)22-14-5-3-13(20)4-6-14/h3-9,23H,2H2,1H3,(H,22,24)/b12-7+. The van der Waals surface area contributed by atoms with Crippen LogP contribution in [0.1, 0.15) is 12.5 Å². The third kappa shape index (κ3) is 4.99. The van der Waals surface area contributed by atoms with Gasteiger partial charge in [0.2, 0.25) is 0 Å². The van der Waals surface area contributed by atoms with Crippen molar-refractivity contribution < 1.29 is 14.6 Å². The van der Waals surface area contributed by atoms with Crippen LogP contribution in [0.15, 0.2) is 46.4 Å². The van der Waals surface area contributed by atoms with Gasteiger partial charge in [-0.05, 0) is 55.0 Å². The molecule has 2 aromatic carbocycles. The van der Waals surface area contributed by atoms with Crippen molar-refractivity contribution in [3.05, 3.63) is 57.0 Å². The first-order valence-electron chi connectivity index (χ1n) is 7.28. The lowest BCUT2D eigenvalue weighted by Gasteiger charge is -2.09. The number of benzene rings is 2. The molecule has 0 aliphatic rings. The summed E-state index contributed by atoms with van der Waals surface area (Å²) in [7, 11) is 0. The number of rotatable bonds is 5. The number of anilines is 1. The van der Waals surface area contributed by atoms with Crippen LogP contribution in [0.25, 0.3) is 6.08 Å². The number of nitrogens with zero attached hydrogens (tertiary/aromatic N) is 1. The van der Waals surface area contributed by atoms with Crippen molar-refractivity contribution in [3.63, 3.8) is 0 Å². The Morgan fingerprint density at radius 1 is 1.40 bits per heavy atom. The summed E-state index contributed by atoms with van der Waals surface area (Å²) >= 11 is 9.10. The molecule has 0 saturated carbocycles. The van der Waals surface area contributed by atoms with Gasteiger partial charge >= 0.3 is 0 Å². The van der Waals surface area contributed by atoms with Crippen LogP contribution in [-0.2, 0) is 4.79 Å². The van der Waals surface area contributed by atoms with E-state index in [1.807, 2.05) is 6.07 Å². The maximum absolute atomic E-state index is 12.3. The maximum atomic E-state index is 12.3. The van der Waals surface area contributed by atoms with Gasteiger partial charge in [-0.2, -0.15) is 5.26 Å². The number of phenolic OH excluding ortho intramolecular Hbond substituents is 1. The second-order valence-corrected chi connectivity index (χ2v) is 6.20. The Balaban J connectivity index is 2.30. The number of phenols is 1. The van der Waals surface area contributed by atoms with Crippen LogP contribution < -0.4 is 10.1 Å². The molecular formula is C18H14BrClN2O3. The van der Waals surface area contributed by atoms with Gasteiger partial charge in [-0.25, -0.2) is 0 Å². The van der Waals surface area contributed by atoms with E-state index in [1.54, 1.807) is 37.3 Å². The Labute approximate surface area is 158 Å². The van der Waals surface area contributed by atoms with Crippen LogP contribution >= 0.6 is 27.5 Å². The van der Waals surface area contributed by atoms with Gasteiger partial charge in [0.15, 0.2) is 11.5 Å². The highest BCUT2D eigenvalue weighted by Gasteiger charge is 2.13. The second-order valence-electron chi connectivity index (χ2n) is 4.91. The minimum absolute atomic E-state index is 0.0324. The predicted octanol–water partition coefficient (Wildman–Crippen LogP) is 4.75. The Kier molecular flexibility index (Phi) is 6.45. The molecule has 5 nitrogen and oxygen atoms in total. The number of carbonyl (C=O) groups excluding carboxylic acids is 1. The number of amides is 1. The largest absolute Gasteiger partial charge is 0.504 e. The molecule has 7 heteroatoms. The third-order valence-electron chi connectivity index (χ3n) is 3.15. The SMILES string of the molecule is CCOc1cc(/C=C(\C#N)C(=O)Nc2ccc(Cl)cc2)c(Br)cc1O. The van der Waals surface area contributed by atoms with E-state index in [1.165, 1.54) is 12.1 Å². The van der Waals surface area contributed by atoms with Crippen molar-refractivity contribution >= 4 is 45.2 Å². The lowest BCUT2D eigenvalue weighted by molar-refractivity contribution is -0.112. The van der Waals surface area contributed by atoms with Gasteiger partial charge in [-0.3, -0.25) is 4.79 Å². The number of aromatic hydroxyl groups is 1. The minimum atomic E-state index is -0.553. The highest BCUT2D eigenvalue weighted by molar-refractivity contribution is 9.10. The Hall–Kier alpha value is -2.49. The molecule has 1 amide bonds. The summed E-state index contributed by atoms with van der Waals surface area (Å²) in [5.74, 6) is -0.315. The fourth-order valence-electron chi connectivity index (χ4n) is 1.98. The van der Waals surface area contributed by atoms with Crippen LogP contribution in [0.5, 0.6) is 11.5 Å². The van der Waals surface area contributed by atoms with Gasteiger partial charge < -0.3 is 15.2 Å². The van der Waals surface area contributed by atoms with Crippen molar-refractivity contribution in [2.45, 2.75) is 6.92 Å². The molecule has 25 heavy (non-hydrogen) atoms. The van der Waals surface area contributed by atoms with Crippen LogP contribution in [-0.4, -0.2) is 17.6 Å². The summed E-state index contributed by atoms with van der Waals surface area (Å²) in [4.78, 5) is 12.3. The normalized spacial score (nSPS) is 10.9. The van der Waals surface area contributed by atoms with Gasteiger partial charge in [-0.1, -0.05) is 27.5 Å². The predicted molar refractivity (Wildman–Crippen MR) is 101 cm³/mol. The quantitative estimate of drug-likeness (QED) is 0.539. The van der Waals surface area contributed by atoms with Gasteiger partial charge in [-0.15, -0.1) is 0 Å². The van der Waals surface area contributed by atoms with E-state index >= 15 is 0 Å². The third-order valence-corrected chi connectivity index (χ3v) is 4.08. The zero-order valence-corrected chi connectivity index (χ0v) is 15.6. The number of ether oxygens (including phenoxy) is 1. The zero-order chi connectivity index (χ0) is 18.4. The molecule has 0 saturated heterocycles. The van der Waals surface area contributed by atoms with Crippen molar-refractivity contribution in [1.82, 2.24) is 0 Å². The van der Waals surface area contributed by atoms with E-state index in [9.17, 15) is 15.2 Å². The summed E-state index contributed by atoms with van der Waals surface area (Å²) in [6.45, 7) is 2.16. The molecule has 2 N–H and O–H groups in total. The van der Waals surface area contributed by atoms with Gasteiger partial charge in [0, 0.05) is 15.2 Å². The molecule has 2 rings (SSSR count). The van der Waals surface area contributed by atoms with E-state index in [0.717, 1.165) is 0 Å². The monoisotopic (exact) mass is 420 g/mol. The molecule has 0 aliphatic carbocycles. The summed E-state index contributed by atoms with van der Waals surface area (Å²) in [6, 6.07) is 11.4. The van der Waals surface area contributed by atoms with Crippen molar-refractivity contribution in [3.8, 4) is 17.6 Å². The Morgan fingerprint density at radius 3 is 2.68 bits per heavy atom. The van der Waals surface area contributed by atoms with Gasteiger partial charge in [0.05, 0.1) is 6.61 Å². The van der Waals surface area contributed by atoms with Crippen molar-refractivity contribution in [2.24, 2.45) is 0 Å². The molecule has 0 aliphatic heterocycles. The van der Waals surface area contributed by atoms with Crippen LogP contribution in [0.4, 0.5) is 5.69 Å². The molecule has 0 unspecified atom stereocenters. The maximum Gasteiger partial charge on any atom is 0.266 e. The van der Waals surface area contributed by atoms with Crippen LogP contribution in [0.3, 0.4) is 0 Å². The van der Waals surface area contributed by atoms with Crippen molar-refractivity contribution in [2.75, 3.05) is 11.9 Å². The fourth-order valence-corrected chi connectivity index (χ4v) is 2.55. The van der Waals surface area contributed by atoms with Gasteiger partial charge in [0.1, 0.15) is 11.6 Å². The summed E-state index contributed by atoms with van der Waals surface area (Å²) in [6.07, 6.45) is 1.41. The smallest absolute Gasteiger partial charge is 0.266 e. The average Bonchev–Trinajstić information content (AvgIpc) is 2.58. The second kappa shape index (κ2) is 8.56. The first-order chi connectivity index (χ1) is 11.9. The molecule has 0 aromatic heterocycles. The van der Waals surface area contributed by atoms with E-state index < -0.39 is 5.91 Å². The Morgan fingerprint density at radius 2 is 2.08 bits per heavy atom. The molecule has 0 spiro atoms. The summed E-state index contributed by atoms with van der Waals surface area (Å²) < 4.78 is 5.85. The number of halogens is 2. The molecular weight excluding hydrogens is 408 g/mol. The van der Waals surface area contributed by atoms with E-state index in [4.69, 9.17) is 16.3 Å². The van der Waals surface area contributed by atoms with Gasteiger partial charge in [0.25, 0.3) is 5.91 Å². The van der Waals surface area contributed by atoms with E-state index in [0.29, 0.717) is 27.4 Å². The van der Waals surface area contributed by atoms with E-state index in [-0.39, 0.29) is 17.1 Å². The van der Waals surface area contributed by atoms with Crippen LogP contribution in [0.2, 0.25) is 5.02 Å². The summed E-state index contributed by atoms with van der Waals surface area (Å²) in [5.41, 5.74) is 0.961. The first kappa shape index (κ1) is 18.8. The fraction of sp³-hybridized carbons (Fsp3) is 0.111. The summed E-state index contributed by atoms with van der Waals surface area (Å²) in [5, 5.41) is 22.3. The van der Waals surface area contributed by atoms with Crippen LogP contribution in [0, 0.1) is 11.3 Å². The highest BCUT2D eigenvalue weighted by Crippen LogP contribution is 2.33. The number of nitriles is 1. The zero-order valence-electron chi connectivity index (χ0n) is 13.2. The topological polar surface area (TPSA) is 82.3 Å².